The average Bonchev–Trinajstić information content (AvgIpc) is 0. The van der Waals surface area contributed by atoms with Gasteiger partial charge in [-0.3, -0.25) is 0 Å². The molecule has 0 bridgehead atoms. The van der Waals surface area contributed by atoms with Gasteiger partial charge in [0.1, 0.15) is 0 Å². The van der Waals surface area contributed by atoms with Gasteiger partial charge in [-0.2, -0.15) is 0 Å². The quantitative estimate of drug-likeness (QED) is 0.337. The molecule has 0 rings (SSSR count). The van der Waals surface area contributed by atoms with Crippen LogP contribution in [0.2, 0.25) is 0 Å². The number of rotatable bonds is 0. The normalized spacial score (nSPS) is 0. The molecule has 0 aromatic rings. The fourth-order valence-electron chi connectivity index (χ4n) is 0. The van der Waals surface area contributed by atoms with Crippen LogP contribution in [0.1, 0.15) is 0 Å². The first-order chi connectivity index (χ1) is 0. The molecule has 8 heteroatoms. The Kier molecular flexibility index (Phi) is 207000. The Labute approximate surface area is 66.7 Å². The van der Waals surface area contributed by atoms with Crippen LogP contribution in [0.25, 0.3) is 0 Å². The van der Waals surface area contributed by atoms with Gasteiger partial charge in [-0.05, 0) is 0 Å². The Bertz CT molecular complexity index is 8.49. The van der Waals surface area contributed by atoms with Crippen molar-refractivity contribution in [2.45, 2.75) is 0 Å². The summed E-state index contributed by atoms with van der Waals surface area (Å²) in [5, 5.41) is 0. The van der Waals surface area contributed by atoms with Crippen LogP contribution < -0.4 is 36.9 Å². The van der Waals surface area contributed by atoms with E-state index in [0.717, 1.165) is 0 Å². The molecule has 0 aromatic heterocycles. The van der Waals surface area contributed by atoms with Gasteiger partial charge in [-0.15, -0.1) is 12.4 Å². The van der Waals surface area contributed by atoms with Gasteiger partial charge in [-0.25, -0.2) is 0 Å². The minimum atomic E-state index is 0. The molecular weight excluding hydrogens is 178 g/mol. The van der Waals surface area contributed by atoms with E-state index in [2.05, 4.69) is 0 Å². The van der Waals surface area contributed by atoms with Crippen molar-refractivity contribution in [3.8, 4) is 0 Å². The first-order valence-electron chi connectivity index (χ1n) is 0. The molecule has 65 valence electrons. The van der Waals surface area contributed by atoms with Crippen molar-refractivity contribution in [1.29, 1.82) is 0 Å². The SMILES string of the molecule is Cl.N.N.N.N.N.N.[Co]. The Morgan fingerprint density at radius 3 is 0.375 bits per heavy atom. The summed E-state index contributed by atoms with van der Waals surface area (Å²) in [6.07, 6.45) is 0. The summed E-state index contributed by atoms with van der Waals surface area (Å²) < 4.78 is 0. The second-order valence-electron chi connectivity index (χ2n) is 0. The Hall–Kier alpha value is 0.556. The molecule has 0 aliphatic carbocycles. The van der Waals surface area contributed by atoms with Crippen LogP contribution in [0.4, 0.5) is 0 Å². The summed E-state index contributed by atoms with van der Waals surface area (Å²) in [5.41, 5.74) is 0. The van der Waals surface area contributed by atoms with Gasteiger partial charge in [0, 0.05) is 16.8 Å². The van der Waals surface area contributed by atoms with Crippen molar-refractivity contribution in [2.24, 2.45) is 0 Å². The molecule has 6 nitrogen and oxygen atoms in total. The number of hydrogen-bond donors (Lipinski definition) is 6. The van der Waals surface area contributed by atoms with E-state index in [9.17, 15) is 0 Å². The fourth-order valence-corrected chi connectivity index (χ4v) is 0. The van der Waals surface area contributed by atoms with Gasteiger partial charge in [0.15, 0.2) is 0 Å². The first-order valence-corrected chi connectivity index (χ1v) is 0. The fraction of sp³-hybridized carbons (Fsp3) is 0. The molecule has 8 heavy (non-hydrogen) atoms. The van der Waals surface area contributed by atoms with Gasteiger partial charge < -0.3 is 36.9 Å². The zero-order valence-electron chi connectivity index (χ0n) is 4.98. The molecule has 18 N–H and O–H groups in total. The van der Waals surface area contributed by atoms with Crippen molar-refractivity contribution in [3.05, 3.63) is 0 Å². The van der Waals surface area contributed by atoms with Crippen molar-refractivity contribution in [3.63, 3.8) is 0 Å². The van der Waals surface area contributed by atoms with Gasteiger partial charge in [0.2, 0.25) is 0 Å². The van der Waals surface area contributed by atoms with Crippen LogP contribution in [0.5, 0.6) is 0 Å². The van der Waals surface area contributed by atoms with E-state index in [1.807, 2.05) is 0 Å². The van der Waals surface area contributed by atoms with Crippen LogP contribution in [-0.4, -0.2) is 0 Å². The van der Waals surface area contributed by atoms with Crippen molar-refractivity contribution >= 4 is 12.4 Å². The molecule has 0 aromatic carbocycles. The number of hydrogen-bond acceptors (Lipinski definition) is 6. The third-order valence-corrected chi connectivity index (χ3v) is 0. The predicted octanol–water partition coefficient (Wildman–Crippen LogP) is 1.39. The molecular formula is H19ClCoN6. The maximum absolute atomic E-state index is 0. The predicted molar refractivity (Wildman–Crippen MR) is 37.4 cm³/mol. The summed E-state index contributed by atoms with van der Waals surface area (Å²) in [4.78, 5) is 0. The van der Waals surface area contributed by atoms with E-state index >= 15 is 0 Å². The minimum Gasteiger partial charge on any atom is -0.344 e. The second kappa shape index (κ2) is 1050. The average molecular weight is 198 g/mol. The van der Waals surface area contributed by atoms with Gasteiger partial charge in [-0.1, -0.05) is 0 Å². The van der Waals surface area contributed by atoms with E-state index in [0.29, 0.717) is 0 Å². The maximum atomic E-state index is 0. The summed E-state index contributed by atoms with van der Waals surface area (Å²) in [5.74, 6) is 0. The molecule has 0 unspecified atom stereocenters. The zero-order chi connectivity index (χ0) is 0. The van der Waals surface area contributed by atoms with Crippen LogP contribution >= 0.6 is 12.4 Å². The van der Waals surface area contributed by atoms with Gasteiger partial charge in [0.05, 0.1) is 0 Å². The zero-order valence-corrected chi connectivity index (χ0v) is 6.84. The third-order valence-electron chi connectivity index (χ3n) is 0. The maximum Gasteiger partial charge on any atom is 0 e. The van der Waals surface area contributed by atoms with E-state index < -0.39 is 0 Å². The largest absolute Gasteiger partial charge is 0.344 e. The monoisotopic (exact) mass is 197 g/mol. The summed E-state index contributed by atoms with van der Waals surface area (Å²) in [7, 11) is 0. The molecule has 1 radical (unpaired) electrons. The molecule has 0 atom stereocenters. The van der Waals surface area contributed by atoms with Gasteiger partial charge >= 0.3 is 0 Å². The molecule has 0 saturated heterocycles. The summed E-state index contributed by atoms with van der Waals surface area (Å²) in [6, 6.07) is 0. The van der Waals surface area contributed by atoms with E-state index in [1.54, 1.807) is 0 Å². The van der Waals surface area contributed by atoms with E-state index in [-0.39, 0.29) is 66.1 Å². The van der Waals surface area contributed by atoms with E-state index in [1.165, 1.54) is 0 Å². The molecule has 0 heterocycles. The Morgan fingerprint density at radius 2 is 0.375 bits per heavy atom. The van der Waals surface area contributed by atoms with Crippen molar-refractivity contribution < 1.29 is 16.8 Å². The van der Waals surface area contributed by atoms with E-state index in [4.69, 9.17) is 0 Å². The minimum absolute atomic E-state index is 0. The topological polar surface area (TPSA) is 210 Å². The standard InChI is InChI=1S/ClH.Co.6H3N/h1H;;6*1H3. The molecule has 0 amide bonds. The van der Waals surface area contributed by atoms with Crippen LogP contribution in [0, 0.1) is 0 Å². The molecule has 0 aliphatic heterocycles. The second-order valence-corrected chi connectivity index (χ2v) is 0. The summed E-state index contributed by atoms with van der Waals surface area (Å²) >= 11 is 0. The molecule has 0 fully saturated rings. The van der Waals surface area contributed by atoms with Crippen LogP contribution in [0.3, 0.4) is 0 Å². The van der Waals surface area contributed by atoms with Crippen LogP contribution in [-0.2, 0) is 16.8 Å². The first kappa shape index (κ1) is 1580. The molecule has 0 spiro atoms. The Balaban J connectivity index is 0. The number of halogens is 1. The molecule has 0 saturated carbocycles. The van der Waals surface area contributed by atoms with Crippen LogP contribution in [0.15, 0.2) is 0 Å². The molecule has 0 aliphatic rings. The van der Waals surface area contributed by atoms with Crippen molar-refractivity contribution in [2.75, 3.05) is 0 Å². The Morgan fingerprint density at radius 1 is 0.375 bits per heavy atom. The third kappa shape index (κ3) is 654. The van der Waals surface area contributed by atoms with Gasteiger partial charge in [0.25, 0.3) is 0 Å². The smallest absolute Gasteiger partial charge is 0 e. The summed E-state index contributed by atoms with van der Waals surface area (Å²) in [6.45, 7) is 0. The van der Waals surface area contributed by atoms with Crippen molar-refractivity contribution in [1.82, 2.24) is 36.9 Å².